The van der Waals surface area contributed by atoms with E-state index in [1.165, 1.54) is 30.3 Å². The van der Waals surface area contributed by atoms with Gasteiger partial charge in [0, 0.05) is 31.3 Å². The monoisotopic (exact) mass is 762 g/mol. The summed E-state index contributed by atoms with van der Waals surface area (Å²) in [5.74, 6) is -0.718. The number of hydrogen-bond donors (Lipinski definition) is 3. The first-order valence-electron chi connectivity index (χ1n) is 17.2. The Morgan fingerprint density at radius 3 is 1.70 bits per heavy atom. The molecule has 0 bridgehead atoms. The average Bonchev–Trinajstić information content (AvgIpc) is 3.10. The minimum absolute atomic E-state index is 0.0834. The molecule has 0 fully saturated rings. The van der Waals surface area contributed by atoms with Crippen LogP contribution in [0.3, 0.4) is 0 Å². The third-order valence-corrected chi connectivity index (χ3v) is 6.33. The van der Waals surface area contributed by atoms with Crippen LogP contribution in [0, 0.1) is 0 Å². The maximum atomic E-state index is 13.5. The van der Waals surface area contributed by atoms with Crippen molar-refractivity contribution in [2.75, 3.05) is 106 Å². The van der Waals surface area contributed by atoms with E-state index in [0.717, 1.165) is 6.07 Å². The SMILES string of the molecule is CC(C)(C)OC(=O)NCc1cc(Oc2cccc(C(=O)NCCOCCOCCOCCOCCOCCOCCOCCN)c2)nc(C(F)(F)F)c1. The van der Waals surface area contributed by atoms with Gasteiger partial charge in [0.15, 0.2) is 0 Å². The van der Waals surface area contributed by atoms with Crippen LogP contribution in [-0.4, -0.2) is 128 Å². The van der Waals surface area contributed by atoms with E-state index in [4.69, 9.17) is 48.4 Å². The van der Waals surface area contributed by atoms with Gasteiger partial charge in [-0.15, -0.1) is 0 Å². The van der Waals surface area contributed by atoms with E-state index in [9.17, 15) is 22.8 Å². The van der Waals surface area contributed by atoms with Crippen LogP contribution in [0.25, 0.3) is 0 Å². The van der Waals surface area contributed by atoms with E-state index in [0.29, 0.717) is 92.4 Å². The van der Waals surface area contributed by atoms with Crippen molar-refractivity contribution in [2.24, 2.45) is 5.73 Å². The normalized spacial score (nSPS) is 11.8. The molecular formula is C35H53F3N4O11. The zero-order valence-corrected chi connectivity index (χ0v) is 30.6. The maximum Gasteiger partial charge on any atom is 0.433 e. The minimum atomic E-state index is -4.77. The summed E-state index contributed by atoms with van der Waals surface area (Å²) in [7, 11) is 0. The summed E-state index contributed by atoms with van der Waals surface area (Å²) in [6.45, 7) is 11.4. The standard InChI is InChI=1S/C35H53F3N4O11/c1-34(2,3)53-33(44)41-26-27-23-30(35(36,37)38)42-31(24-27)52-29-6-4-5-28(25-29)32(43)40-8-10-46-12-14-48-16-18-50-20-22-51-21-19-49-17-15-47-13-11-45-9-7-39/h4-6,23-25H,7-22,26,39H2,1-3H3,(H,40,43)(H,41,44). The summed E-state index contributed by atoms with van der Waals surface area (Å²) >= 11 is 0. The summed E-state index contributed by atoms with van der Waals surface area (Å²) in [4.78, 5) is 28.2. The number of rotatable bonds is 28. The molecule has 15 nitrogen and oxygen atoms in total. The fraction of sp³-hybridized carbons (Fsp3) is 0.629. The number of benzene rings is 1. The first-order valence-corrected chi connectivity index (χ1v) is 17.2. The number of pyridine rings is 1. The van der Waals surface area contributed by atoms with Crippen LogP contribution in [0.1, 0.15) is 42.4 Å². The lowest BCUT2D eigenvalue weighted by Gasteiger charge is -2.20. The number of nitrogens with two attached hydrogens (primary N) is 1. The highest BCUT2D eigenvalue weighted by Crippen LogP contribution is 2.31. The van der Waals surface area contributed by atoms with Gasteiger partial charge in [0.25, 0.3) is 5.91 Å². The second-order valence-electron chi connectivity index (χ2n) is 12.0. The molecule has 0 spiro atoms. The highest BCUT2D eigenvalue weighted by atomic mass is 19.4. The fourth-order valence-corrected chi connectivity index (χ4v) is 4.01. The molecule has 0 atom stereocenters. The van der Waals surface area contributed by atoms with Crippen LogP contribution in [0.4, 0.5) is 18.0 Å². The number of ether oxygens (including phenoxy) is 9. The van der Waals surface area contributed by atoms with Gasteiger partial charge in [0.05, 0.1) is 92.5 Å². The molecule has 1 aromatic heterocycles. The molecule has 0 aliphatic rings. The van der Waals surface area contributed by atoms with Gasteiger partial charge < -0.3 is 59.0 Å². The topological polar surface area (TPSA) is 180 Å². The molecule has 0 unspecified atom stereocenters. The number of carbonyl (C=O) groups is 2. The van der Waals surface area contributed by atoms with Crippen molar-refractivity contribution >= 4 is 12.0 Å². The van der Waals surface area contributed by atoms with Crippen LogP contribution in [-0.2, 0) is 50.6 Å². The van der Waals surface area contributed by atoms with Gasteiger partial charge in [-0.05, 0) is 50.6 Å². The second-order valence-corrected chi connectivity index (χ2v) is 12.0. The van der Waals surface area contributed by atoms with Crippen LogP contribution < -0.4 is 21.1 Å². The van der Waals surface area contributed by atoms with Crippen molar-refractivity contribution in [3.05, 3.63) is 53.2 Å². The molecular weight excluding hydrogens is 709 g/mol. The molecule has 2 aromatic rings. The van der Waals surface area contributed by atoms with Crippen LogP contribution in [0.15, 0.2) is 36.4 Å². The van der Waals surface area contributed by atoms with Crippen LogP contribution in [0.2, 0.25) is 0 Å². The summed E-state index contributed by atoms with van der Waals surface area (Å²) in [5.41, 5.74) is 3.64. The van der Waals surface area contributed by atoms with Gasteiger partial charge in [-0.1, -0.05) is 6.07 Å². The number of hydrogen-bond acceptors (Lipinski definition) is 13. The van der Waals surface area contributed by atoms with Gasteiger partial charge in [-0.3, -0.25) is 4.79 Å². The molecule has 0 aliphatic carbocycles. The lowest BCUT2D eigenvalue weighted by molar-refractivity contribution is -0.141. The fourth-order valence-electron chi connectivity index (χ4n) is 4.01. The Hall–Kier alpha value is -3.62. The van der Waals surface area contributed by atoms with Crippen molar-refractivity contribution in [1.82, 2.24) is 15.6 Å². The molecule has 4 N–H and O–H groups in total. The van der Waals surface area contributed by atoms with E-state index in [2.05, 4.69) is 15.6 Å². The first kappa shape index (κ1) is 45.5. The average molecular weight is 763 g/mol. The Bertz CT molecular complexity index is 1320. The highest BCUT2D eigenvalue weighted by Gasteiger charge is 2.33. The third kappa shape index (κ3) is 22.9. The molecule has 2 amide bonds. The number of halogens is 3. The number of alkyl halides is 3. The Kier molecular flexibility index (Phi) is 22.5. The van der Waals surface area contributed by atoms with E-state index in [-0.39, 0.29) is 42.5 Å². The number of carbonyl (C=O) groups excluding carboxylic acids is 2. The predicted octanol–water partition coefficient (Wildman–Crippen LogP) is 3.72. The minimum Gasteiger partial charge on any atom is -0.444 e. The Balaban J connectivity index is 1.56. The molecule has 53 heavy (non-hydrogen) atoms. The Labute approximate surface area is 308 Å². The lowest BCUT2D eigenvalue weighted by Crippen LogP contribution is -2.32. The van der Waals surface area contributed by atoms with Gasteiger partial charge in [0.2, 0.25) is 5.88 Å². The molecule has 2 rings (SSSR count). The van der Waals surface area contributed by atoms with E-state index in [1.54, 1.807) is 20.8 Å². The quantitative estimate of drug-likeness (QED) is 0.107. The molecule has 1 heterocycles. The molecule has 0 aliphatic heterocycles. The first-order chi connectivity index (χ1) is 25.4. The summed E-state index contributed by atoms with van der Waals surface area (Å²) in [6.07, 6.45) is -5.56. The summed E-state index contributed by atoms with van der Waals surface area (Å²) in [6, 6.07) is 7.95. The number of nitrogens with zero attached hydrogens (tertiary/aromatic N) is 1. The van der Waals surface area contributed by atoms with Gasteiger partial charge in [0.1, 0.15) is 17.0 Å². The van der Waals surface area contributed by atoms with Crippen molar-refractivity contribution in [2.45, 2.75) is 39.1 Å². The van der Waals surface area contributed by atoms with Crippen LogP contribution >= 0.6 is 0 Å². The number of aromatic nitrogens is 1. The predicted molar refractivity (Wildman–Crippen MR) is 186 cm³/mol. The molecule has 18 heteroatoms. The zero-order chi connectivity index (χ0) is 38.8. The van der Waals surface area contributed by atoms with Crippen LogP contribution in [0.5, 0.6) is 11.6 Å². The summed E-state index contributed by atoms with van der Waals surface area (Å²) < 4.78 is 89.1. The molecule has 0 radical (unpaired) electrons. The highest BCUT2D eigenvalue weighted by molar-refractivity contribution is 5.94. The largest absolute Gasteiger partial charge is 0.444 e. The molecule has 1 aromatic carbocycles. The Morgan fingerprint density at radius 1 is 0.698 bits per heavy atom. The number of nitrogens with one attached hydrogen (secondary N) is 2. The van der Waals surface area contributed by atoms with E-state index in [1.807, 2.05) is 0 Å². The van der Waals surface area contributed by atoms with Crippen molar-refractivity contribution < 1.29 is 65.4 Å². The van der Waals surface area contributed by atoms with Gasteiger partial charge in [-0.2, -0.15) is 13.2 Å². The summed E-state index contributed by atoms with van der Waals surface area (Å²) in [5, 5.41) is 5.12. The third-order valence-electron chi connectivity index (χ3n) is 6.33. The number of amides is 2. The zero-order valence-electron chi connectivity index (χ0n) is 30.6. The number of alkyl carbamates (subject to hydrolysis) is 1. The maximum absolute atomic E-state index is 13.5. The van der Waals surface area contributed by atoms with Crippen molar-refractivity contribution in [3.63, 3.8) is 0 Å². The molecule has 300 valence electrons. The van der Waals surface area contributed by atoms with Crippen molar-refractivity contribution in [1.29, 1.82) is 0 Å². The Morgan fingerprint density at radius 2 is 1.21 bits per heavy atom. The second kappa shape index (κ2) is 26.2. The smallest absolute Gasteiger partial charge is 0.433 e. The lowest BCUT2D eigenvalue weighted by atomic mass is 10.2. The van der Waals surface area contributed by atoms with Crippen molar-refractivity contribution in [3.8, 4) is 11.6 Å². The molecule has 0 saturated heterocycles. The van der Waals surface area contributed by atoms with E-state index >= 15 is 0 Å². The molecule has 0 saturated carbocycles. The van der Waals surface area contributed by atoms with Gasteiger partial charge in [-0.25, -0.2) is 9.78 Å². The van der Waals surface area contributed by atoms with Gasteiger partial charge >= 0.3 is 12.3 Å². The van der Waals surface area contributed by atoms with E-state index < -0.39 is 29.5 Å².